The number of aliphatic hydroxyl groups is 1. The summed E-state index contributed by atoms with van der Waals surface area (Å²) in [6, 6.07) is 0. The van der Waals surface area contributed by atoms with Crippen molar-refractivity contribution in [3.05, 3.63) is 11.5 Å². The van der Waals surface area contributed by atoms with Crippen molar-refractivity contribution in [3.63, 3.8) is 0 Å². The Morgan fingerprint density at radius 1 is 1.73 bits per heavy atom. The molecule has 1 rings (SSSR count). The van der Waals surface area contributed by atoms with E-state index >= 15 is 0 Å². The third kappa shape index (κ3) is 1.52. The van der Waals surface area contributed by atoms with Crippen LogP contribution in [0.15, 0.2) is 11.4 Å². The summed E-state index contributed by atoms with van der Waals surface area (Å²) in [6.07, 6.45) is 1.14. The second-order valence-corrected chi connectivity index (χ2v) is 4.02. The average molecular weight is 197 g/mol. The zero-order chi connectivity index (χ0) is 8.48. The van der Waals surface area contributed by atoms with Gasteiger partial charge in [-0.2, -0.15) is 0 Å². The summed E-state index contributed by atoms with van der Waals surface area (Å²) in [6.45, 7) is 0. The molecule has 1 aromatic rings. The van der Waals surface area contributed by atoms with Gasteiger partial charge < -0.3 is 10.1 Å². The second-order valence-electron chi connectivity index (χ2n) is 1.77. The Labute approximate surface area is 67.9 Å². The molecule has 2 N–H and O–H groups in total. The summed E-state index contributed by atoms with van der Waals surface area (Å²) in [4.78, 5) is 5.76. The van der Waals surface area contributed by atoms with Gasteiger partial charge in [-0.15, -0.1) is 0 Å². The molecule has 7 heteroatoms. The molecule has 0 radical (unpaired) electrons. The minimum Gasteiger partial charge on any atom is -0.380 e. The minimum atomic E-state index is -3.68. The van der Waals surface area contributed by atoms with E-state index in [9.17, 15) is 8.42 Å². The van der Waals surface area contributed by atoms with E-state index in [1.165, 1.54) is 0 Å². The summed E-state index contributed by atoms with van der Waals surface area (Å²) < 4.78 is 21.8. The molecule has 1 aromatic heterocycles. The van der Waals surface area contributed by atoms with Gasteiger partial charge in [-0.1, -0.05) is 11.6 Å². The Bertz CT molecular complexity index is 344. The molecular weight excluding hydrogens is 192 g/mol. The number of rotatable bonds is 2. The van der Waals surface area contributed by atoms with Gasteiger partial charge in [-0.3, -0.25) is 0 Å². The monoisotopic (exact) mass is 196 g/mol. The SMILES string of the molecule is O=S(=O)(CO)c1[nH]cnc1Cl. The molecule has 0 bridgehead atoms. The van der Waals surface area contributed by atoms with Gasteiger partial charge >= 0.3 is 0 Å². The predicted octanol–water partition coefficient (Wildman–Crippen LogP) is -0.213. The normalized spacial score (nSPS) is 11.8. The summed E-state index contributed by atoms with van der Waals surface area (Å²) in [7, 11) is -3.68. The molecule has 0 aliphatic heterocycles. The van der Waals surface area contributed by atoms with Crippen LogP contribution >= 0.6 is 11.6 Å². The fourth-order valence-corrected chi connectivity index (χ4v) is 1.68. The van der Waals surface area contributed by atoms with Gasteiger partial charge in [0.25, 0.3) is 0 Å². The van der Waals surface area contributed by atoms with E-state index in [2.05, 4.69) is 9.97 Å². The lowest BCUT2D eigenvalue weighted by Crippen LogP contribution is -2.06. The fraction of sp³-hybridized carbons (Fsp3) is 0.250. The maximum Gasteiger partial charge on any atom is 0.220 e. The highest BCUT2D eigenvalue weighted by molar-refractivity contribution is 7.91. The lowest BCUT2D eigenvalue weighted by molar-refractivity contribution is 0.358. The van der Waals surface area contributed by atoms with E-state index in [0.717, 1.165) is 6.33 Å². The van der Waals surface area contributed by atoms with E-state index in [1.807, 2.05) is 0 Å². The van der Waals surface area contributed by atoms with Crippen LogP contribution in [0.1, 0.15) is 0 Å². The first kappa shape index (κ1) is 8.51. The van der Waals surface area contributed by atoms with Crippen LogP contribution in [-0.4, -0.2) is 29.4 Å². The highest BCUT2D eigenvalue weighted by atomic mass is 35.5. The molecule has 62 valence electrons. The van der Waals surface area contributed by atoms with Crippen molar-refractivity contribution in [2.45, 2.75) is 5.03 Å². The molecule has 0 saturated heterocycles. The lowest BCUT2D eigenvalue weighted by Gasteiger charge is -1.94. The summed E-state index contributed by atoms with van der Waals surface area (Å²) in [5, 5.41) is 7.99. The first-order valence-electron chi connectivity index (χ1n) is 2.60. The fourth-order valence-electron chi connectivity index (χ4n) is 0.548. The number of halogens is 1. The van der Waals surface area contributed by atoms with Gasteiger partial charge in [0, 0.05) is 0 Å². The molecule has 0 amide bonds. The van der Waals surface area contributed by atoms with Crippen molar-refractivity contribution >= 4 is 21.4 Å². The molecule has 5 nitrogen and oxygen atoms in total. The molecule has 0 unspecified atom stereocenters. The molecule has 1 heterocycles. The topological polar surface area (TPSA) is 83.0 Å². The highest BCUT2D eigenvalue weighted by Gasteiger charge is 2.18. The van der Waals surface area contributed by atoms with Gasteiger partial charge in [0.05, 0.1) is 6.33 Å². The van der Waals surface area contributed by atoms with E-state index < -0.39 is 15.8 Å². The van der Waals surface area contributed by atoms with Crippen molar-refractivity contribution in [1.29, 1.82) is 0 Å². The first-order chi connectivity index (χ1) is 5.08. The zero-order valence-corrected chi connectivity index (χ0v) is 6.85. The number of imidazole rings is 1. The zero-order valence-electron chi connectivity index (χ0n) is 5.28. The number of sulfone groups is 1. The van der Waals surface area contributed by atoms with Crippen molar-refractivity contribution < 1.29 is 13.5 Å². The molecule has 0 saturated carbocycles. The predicted molar refractivity (Wildman–Crippen MR) is 37.9 cm³/mol. The molecule has 0 fully saturated rings. The van der Waals surface area contributed by atoms with Crippen LogP contribution < -0.4 is 0 Å². The van der Waals surface area contributed by atoms with Gasteiger partial charge in [0.15, 0.2) is 16.1 Å². The third-order valence-electron chi connectivity index (χ3n) is 1.04. The van der Waals surface area contributed by atoms with Crippen LogP contribution in [0.3, 0.4) is 0 Å². The number of aromatic nitrogens is 2. The third-order valence-corrected chi connectivity index (χ3v) is 2.71. The quantitative estimate of drug-likeness (QED) is 0.686. The first-order valence-corrected chi connectivity index (χ1v) is 4.63. The number of nitrogens with zero attached hydrogens (tertiary/aromatic N) is 1. The van der Waals surface area contributed by atoms with Crippen molar-refractivity contribution in [3.8, 4) is 0 Å². The summed E-state index contributed by atoms with van der Waals surface area (Å²) in [5.41, 5.74) is 0. The molecule has 0 aliphatic carbocycles. The maximum atomic E-state index is 10.9. The maximum absolute atomic E-state index is 10.9. The highest BCUT2D eigenvalue weighted by Crippen LogP contribution is 2.16. The van der Waals surface area contributed by atoms with Crippen molar-refractivity contribution in [2.24, 2.45) is 0 Å². The van der Waals surface area contributed by atoms with Crippen LogP contribution in [-0.2, 0) is 9.84 Å². The van der Waals surface area contributed by atoms with Crippen molar-refractivity contribution in [1.82, 2.24) is 9.97 Å². The van der Waals surface area contributed by atoms with Crippen LogP contribution in [0.4, 0.5) is 0 Å². The van der Waals surface area contributed by atoms with Gasteiger partial charge in [0.1, 0.15) is 0 Å². The number of nitrogens with one attached hydrogen (secondary N) is 1. The summed E-state index contributed by atoms with van der Waals surface area (Å²) in [5.74, 6) is -0.977. The lowest BCUT2D eigenvalue weighted by atomic mass is 10.9. The van der Waals surface area contributed by atoms with Gasteiger partial charge in [-0.25, -0.2) is 13.4 Å². The Balaban J connectivity index is 3.22. The molecule has 0 atom stereocenters. The molecule has 0 spiro atoms. The summed E-state index contributed by atoms with van der Waals surface area (Å²) >= 11 is 5.37. The van der Waals surface area contributed by atoms with Crippen LogP contribution in [0.2, 0.25) is 5.15 Å². The van der Waals surface area contributed by atoms with Crippen molar-refractivity contribution in [2.75, 3.05) is 5.94 Å². The molecule has 0 aliphatic rings. The number of hydrogen-bond acceptors (Lipinski definition) is 4. The Morgan fingerprint density at radius 2 is 2.36 bits per heavy atom. The number of aromatic amines is 1. The van der Waals surface area contributed by atoms with Gasteiger partial charge in [0.2, 0.25) is 9.84 Å². The van der Waals surface area contributed by atoms with Crippen LogP contribution in [0.25, 0.3) is 0 Å². The Hall–Kier alpha value is -0.590. The van der Waals surface area contributed by atoms with Crippen LogP contribution in [0.5, 0.6) is 0 Å². The van der Waals surface area contributed by atoms with E-state index in [-0.39, 0.29) is 10.2 Å². The van der Waals surface area contributed by atoms with Gasteiger partial charge in [-0.05, 0) is 0 Å². The number of hydrogen-bond donors (Lipinski definition) is 2. The number of aliphatic hydroxyl groups excluding tert-OH is 1. The number of H-pyrrole nitrogens is 1. The van der Waals surface area contributed by atoms with E-state index in [4.69, 9.17) is 16.7 Å². The van der Waals surface area contributed by atoms with E-state index in [1.54, 1.807) is 0 Å². The smallest absolute Gasteiger partial charge is 0.220 e. The molecular formula is C4H5ClN2O3S. The second kappa shape index (κ2) is 2.80. The minimum absolute atomic E-state index is 0.154. The van der Waals surface area contributed by atoms with E-state index in [0.29, 0.717) is 0 Å². The average Bonchev–Trinajstić information content (AvgIpc) is 2.36. The largest absolute Gasteiger partial charge is 0.380 e. The van der Waals surface area contributed by atoms with Crippen LogP contribution in [0, 0.1) is 0 Å². The molecule has 0 aromatic carbocycles. The Morgan fingerprint density at radius 3 is 2.73 bits per heavy atom. The molecule has 11 heavy (non-hydrogen) atoms. The Kier molecular flexibility index (Phi) is 2.17. The standard InChI is InChI=1S/C4H5ClN2O3S/c5-3-4(7-1-6-3)11(9,10)2-8/h1,8H,2H2,(H,6,7).